The second kappa shape index (κ2) is 7.06. The lowest BCUT2D eigenvalue weighted by molar-refractivity contribution is 0.280. The molecule has 118 valence electrons. The Balaban J connectivity index is 1.97. The molecule has 0 aliphatic carbocycles. The molecule has 8 heteroatoms. The molecular formula is C13H22N4O3S. The molecule has 1 saturated heterocycles. The molecule has 0 bridgehead atoms. The normalized spacial score (nSPS) is 17.6. The van der Waals surface area contributed by atoms with Gasteiger partial charge in [0.15, 0.2) is 0 Å². The highest BCUT2D eigenvalue weighted by Crippen LogP contribution is 2.20. The van der Waals surface area contributed by atoms with E-state index in [1.165, 1.54) is 10.5 Å². The molecule has 2 rings (SSSR count). The monoisotopic (exact) mass is 314 g/mol. The van der Waals surface area contributed by atoms with Crippen LogP contribution in [-0.4, -0.2) is 43.9 Å². The van der Waals surface area contributed by atoms with E-state index in [0.29, 0.717) is 43.7 Å². The van der Waals surface area contributed by atoms with E-state index in [4.69, 9.17) is 10.5 Å². The van der Waals surface area contributed by atoms with Crippen LogP contribution in [-0.2, 0) is 10.2 Å². The van der Waals surface area contributed by atoms with Gasteiger partial charge in [0.2, 0.25) is 5.88 Å². The van der Waals surface area contributed by atoms with Crippen LogP contribution in [0.4, 0.5) is 5.69 Å². The van der Waals surface area contributed by atoms with Gasteiger partial charge < -0.3 is 10.5 Å². The van der Waals surface area contributed by atoms with Crippen molar-refractivity contribution in [2.75, 3.05) is 31.0 Å². The smallest absolute Gasteiger partial charge is 0.301 e. The third-order valence-electron chi connectivity index (χ3n) is 3.52. The number of nitrogens with two attached hydrogens (primary N) is 1. The summed E-state index contributed by atoms with van der Waals surface area (Å²) in [4.78, 5) is 4.04. The first kappa shape index (κ1) is 16.0. The van der Waals surface area contributed by atoms with E-state index in [-0.39, 0.29) is 0 Å². The van der Waals surface area contributed by atoms with E-state index in [1.807, 2.05) is 6.92 Å². The lowest BCUT2D eigenvalue weighted by Crippen LogP contribution is -2.42. The van der Waals surface area contributed by atoms with Crippen molar-refractivity contribution in [1.82, 2.24) is 9.29 Å². The van der Waals surface area contributed by atoms with Crippen LogP contribution in [0.2, 0.25) is 0 Å². The molecule has 0 spiro atoms. The second-order valence-corrected chi connectivity index (χ2v) is 6.67. The Morgan fingerprint density at radius 1 is 1.43 bits per heavy atom. The molecule has 1 aromatic heterocycles. The molecular weight excluding hydrogens is 292 g/mol. The number of ether oxygens (including phenoxy) is 1. The molecule has 1 aliphatic heterocycles. The van der Waals surface area contributed by atoms with Crippen molar-refractivity contribution in [2.45, 2.75) is 19.8 Å². The zero-order valence-corrected chi connectivity index (χ0v) is 13.0. The van der Waals surface area contributed by atoms with Gasteiger partial charge >= 0.3 is 10.2 Å². The molecule has 21 heavy (non-hydrogen) atoms. The first-order chi connectivity index (χ1) is 10.0. The Hall–Kier alpha value is -1.38. The molecule has 7 nitrogen and oxygen atoms in total. The van der Waals surface area contributed by atoms with Gasteiger partial charge in [-0.25, -0.2) is 4.98 Å². The van der Waals surface area contributed by atoms with E-state index < -0.39 is 10.2 Å². The maximum Gasteiger partial charge on any atom is 0.301 e. The molecule has 0 atom stereocenters. The van der Waals surface area contributed by atoms with Gasteiger partial charge in [-0.1, -0.05) is 0 Å². The Morgan fingerprint density at radius 2 is 2.14 bits per heavy atom. The summed E-state index contributed by atoms with van der Waals surface area (Å²) in [5, 5.41) is 0. The third kappa shape index (κ3) is 4.29. The second-order valence-electron chi connectivity index (χ2n) is 5.00. The molecule has 0 aromatic carbocycles. The van der Waals surface area contributed by atoms with Gasteiger partial charge in [-0.15, -0.1) is 0 Å². The minimum Gasteiger partial charge on any atom is -0.478 e. The lowest BCUT2D eigenvalue weighted by Gasteiger charge is -2.30. The highest BCUT2D eigenvalue weighted by Gasteiger charge is 2.27. The van der Waals surface area contributed by atoms with E-state index in [0.717, 1.165) is 12.8 Å². The number of nitrogens with zero attached hydrogens (tertiary/aromatic N) is 2. The fraction of sp³-hybridized carbons (Fsp3) is 0.615. The zero-order chi connectivity index (χ0) is 15.3. The summed E-state index contributed by atoms with van der Waals surface area (Å²) in [7, 11) is -3.53. The standard InChI is InChI=1S/C13H22N4O3S/c1-2-20-13-4-3-12(10-15-13)16-21(18,19)17-7-5-11(9-14)6-8-17/h3-4,10-11,16H,2,5-9,14H2,1H3. The van der Waals surface area contributed by atoms with Crippen molar-refractivity contribution in [1.29, 1.82) is 0 Å². The van der Waals surface area contributed by atoms with E-state index >= 15 is 0 Å². The number of hydrogen-bond acceptors (Lipinski definition) is 5. The van der Waals surface area contributed by atoms with Crippen LogP contribution in [0.1, 0.15) is 19.8 Å². The van der Waals surface area contributed by atoms with Gasteiger partial charge in [-0.3, -0.25) is 4.72 Å². The van der Waals surface area contributed by atoms with Crippen LogP contribution in [0.25, 0.3) is 0 Å². The molecule has 0 unspecified atom stereocenters. The van der Waals surface area contributed by atoms with E-state index in [9.17, 15) is 8.42 Å². The Kier molecular flexibility index (Phi) is 5.38. The number of anilines is 1. The molecule has 0 saturated carbocycles. The molecule has 1 aliphatic rings. The van der Waals surface area contributed by atoms with Crippen LogP contribution in [0.15, 0.2) is 18.3 Å². The van der Waals surface area contributed by atoms with Gasteiger partial charge in [0, 0.05) is 19.2 Å². The van der Waals surface area contributed by atoms with Crippen molar-refractivity contribution >= 4 is 15.9 Å². The van der Waals surface area contributed by atoms with Crippen molar-refractivity contribution < 1.29 is 13.2 Å². The molecule has 3 N–H and O–H groups in total. The maximum atomic E-state index is 12.3. The van der Waals surface area contributed by atoms with E-state index in [1.54, 1.807) is 12.1 Å². The number of hydrogen-bond donors (Lipinski definition) is 2. The van der Waals surface area contributed by atoms with Crippen molar-refractivity contribution in [3.63, 3.8) is 0 Å². The van der Waals surface area contributed by atoms with Crippen LogP contribution in [0.5, 0.6) is 5.88 Å². The Bertz CT molecular complexity index is 539. The molecule has 1 aromatic rings. The number of rotatable bonds is 6. The predicted molar refractivity (Wildman–Crippen MR) is 81.3 cm³/mol. The largest absolute Gasteiger partial charge is 0.478 e. The van der Waals surface area contributed by atoms with Gasteiger partial charge in [0.05, 0.1) is 18.5 Å². The first-order valence-corrected chi connectivity index (χ1v) is 8.56. The fourth-order valence-electron chi connectivity index (χ4n) is 2.27. The number of piperidine rings is 1. The maximum absolute atomic E-state index is 12.3. The summed E-state index contributed by atoms with van der Waals surface area (Å²) in [6.07, 6.45) is 3.06. The summed E-state index contributed by atoms with van der Waals surface area (Å²) >= 11 is 0. The average molecular weight is 314 g/mol. The zero-order valence-electron chi connectivity index (χ0n) is 12.2. The Labute approximate surface area is 125 Å². The summed E-state index contributed by atoms with van der Waals surface area (Å²) in [5.41, 5.74) is 6.05. The van der Waals surface area contributed by atoms with Gasteiger partial charge in [-0.2, -0.15) is 12.7 Å². The van der Waals surface area contributed by atoms with Crippen molar-refractivity contribution in [3.8, 4) is 5.88 Å². The van der Waals surface area contributed by atoms with Gasteiger partial charge in [-0.05, 0) is 38.3 Å². The van der Waals surface area contributed by atoms with Crippen LogP contribution in [0.3, 0.4) is 0 Å². The summed E-state index contributed by atoms with van der Waals surface area (Å²) in [6.45, 7) is 4.00. The minimum atomic E-state index is -3.53. The number of nitrogens with one attached hydrogen (secondary N) is 1. The topological polar surface area (TPSA) is 97.5 Å². The average Bonchev–Trinajstić information content (AvgIpc) is 2.49. The van der Waals surface area contributed by atoms with Crippen LogP contribution >= 0.6 is 0 Å². The van der Waals surface area contributed by atoms with Crippen LogP contribution in [0, 0.1) is 5.92 Å². The molecule has 0 amide bonds. The lowest BCUT2D eigenvalue weighted by atomic mass is 9.99. The SMILES string of the molecule is CCOc1ccc(NS(=O)(=O)N2CCC(CN)CC2)cn1. The summed E-state index contributed by atoms with van der Waals surface area (Å²) < 4.78 is 33.8. The number of pyridine rings is 1. The summed E-state index contributed by atoms with van der Waals surface area (Å²) in [5.74, 6) is 0.896. The highest BCUT2D eigenvalue weighted by atomic mass is 32.2. The quantitative estimate of drug-likeness (QED) is 0.809. The molecule has 0 radical (unpaired) electrons. The summed E-state index contributed by atoms with van der Waals surface area (Å²) in [6, 6.07) is 3.28. The predicted octanol–water partition coefficient (Wildman–Crippen LogP) is 0.808. The van der Waals surface area contributed by atoms with Crippen molar-refractivity contribution in [3.05, 3.63) is 18.3 Å². The highest BCUT2D eigenvalue weighted by molar-refractivity contribution is 7.90. The van der Waals surface area contributed by atoms with Gasteiger partial charge in [0.25, 0.3) is 0 Å². The van der Waals surface area contributed by atoms with E-state index in [2.05, 4.69) is 9.71 Å². The molecule has 2 heterocycles. The molecule has 1 fully saturated rings. The number of aromatic nitrogens is 1. The third-order valence-corrected chi connectivity index (χ3v) is 5.06. The minimum absolute atomic E-state index is 0.420. The van der Waals surface area contributed by atoms with Crippen molar-refractivity contribution in [2.24, 2.45) is 11.7 Å². The van der Waals surface area contributed by atoms with Crippen LogP contribution < -0.4 is 15.2 Å². The Morgan fingerprint density at radius 3 is 2.67 bits per heavy atom. The van der Waals surface area contributed by atoms with Gasteiger partial charge in [0.1, 0.15) is 0 Å². The first-order valence-electron chi connectivity index (χ1n) is 7.12. The fourth-order valence-corrected chi connectivity index (χ4v) is 3.51.